The third kappa shape index (κ3) is 45.9. The summed E-state index contributed by atoms with van der Waals surface area (Å²) >= 11 is 0. The van der Waals surface area contributed by atoms with Gasteiger partial charge in [0.25, 0.3) is 0 Å². The normalized spacial score (nSPS) is 12.2. The fraction of sp³-hybridized carbons (Fsp3) is 0.944. The molecule has 7 heteroatoms. The number of hydrogen-bond donors (Lipinski definition) is 2. The van der Waals surface area contributed by atoms with E-state index in [9.17, 15) is 30.0 Å². The van der Waals surface area contributed by atoms with E-state index in [1.165, 1.54) is 103 Å². The minimum atomic E-state index is -0.928. The van der Waals surface area contributed by atoms with E-state index in [1.807, 2.05) is 0 Å². The average molecular weight is 626 g/mol. The van der Waals surface area contributed by atoms with Gasteiger partial charge in [-0.3, -0.25) is 0 Å². The molecule has 0 fully saturated rings. The summed E-state index contributed by atoms with van der Waals surface area (Å²) < 4.78 is 0. The molecule has 0 amide bonds. The first-order chi connectivity index (χ1) is 20.3. The molecule has 0 bridgehead atoms. The number of hydrogen-bond acceptors (Lipinski definition) is 6. The van der Waals surface area contributed by atoms with Crippen LogP contribution in [-0.4, -0.2) is 51.7 Å². The molecule has 1 radical (unpaired) electrons. The van der Waals surface area contributed by atoms with Crippen molar-refractivity contribution < 1.29 is 30.0 Å². The summed E-state index contributed by atoms with van der Waals surface area (Å²) in [5.74, 6) is -1.86. The molecule has 2 N–H and O–H groups in total. The SMILES string of the molecule is CCCCCCC(O)CCCCCCCCCCC(=O)[O-].CCCCCCC(O)CCCCCCCCCCC(=O)[O-].[Al+2]. The van der Waals surface area contributed by atoms with Gasteiger partial charge in [-0.2, -0.15) is 0 Å². The first kappa shape index (κ1) is 46.8. The summed E-state index contributed by atoms with van der Waals surface area (Å²) in [6, 6.07) is 0. The van der Waals surface area contributed by atoms with Gasteiger partial charge < -0.3 is 30.0 Å². The smallest absolute Gasteiger partial charge is 0.550 e. The van der Waals surface area contributed by atoms with Crippen molar-refractivity contribution in [2.75, 3.05) is 0 Å². The fourth-order valence-electron chi connectivity index (χ4n) is 5.32. The average Bonchev–Trinajstić information content (AvgIpc) is 2.95. The van der Waals surface area contributed by atoms with Gasteiger partial charge in [0.2, 0.25) is 0 Å². The molecule has 2 atom stereocenters. The second kappa shape index (κ2) is 39.4. The molecule has 0 saturated carbocycles. The molecule has 2 unspecified atom stereocenters. The van der Waals surface area contributed by atoms with Gasteiger partial charge in [0.1, 0.15) is 0 Å². The molecular weight excluding hydrogens is 555 g/mol. The monoisotopic (exact) mass is 625 g/mol. The van der Waals surface area contributed by atoms with E-state index in [2.05, 4.69) is 13.8 Å². The second-order valence-corrected chi connectivity index (χ2v) is 12.5. The summed E-state index contributed by atoms with van der Waals surface area (Å²) in [6.07, 6.45) is 31.8. The molecule has 0 saturated heterocycles. The Morgan fingerprint density at radius 3 is 0.860 bits per heavy atom. The molecule has 0 aliphatic rings. The summed E-state index contributed by atoms with van der Waals surface area (Å²) in [4.78, 5) is 20.5. The zero-order valence-corrected chi connectivity index (χ0v) is 29.6. The number of aliphatic carboxylic acids is 2. The molecule has 6 nitrogen and oxygen atoms in total. The van der Waals surface area contributed by atoms with Crippen molar-refractivity contribution >= 4 is 29.3 Å². The van der Waals surface area contributed by atoms with Crippen LogP contribution in [0, 0.1) is 0 Å². The Morgan fingerprint density at radius 2 is 0.628 bits per heavy atom. The van der Waals surface area contributed by atoms with Gasteiger partial charge in [-0.1, -0.05) is 155 Å². The number of carbonyl (C=O) groups excluding carboxylic acids is 2. The molecule has 253 valence electrons. The molecular formula is C36H70AlO6. The van der Waals surface area contributed by atoms with E-state index in [-0.39, 0.29) is 42.4 Å². The van der Waals surface area contributed by atoms with Crippen LogP contribution in [0.2, 0.25) is 0 Å². The van der Waals surface area contributed by atoms with Crippen molar-refractivity contribution in [3.8, 4) is 0 Å². The predicted molar refractivity (Wildman–Crippen MR) is 178 cm³/mol. The Hall–Kier alpha value is -0.608. The Kier molecular flexibility index (Phi) is 42.9. The summed E-state index contributed by atoms with van der Waals surface area (Å²) in [6.45, 7) is 4.42. The van der Waals surface area contributed by atoms with Crippen LogP contribution in [0.3, 0.4) is 0 Å². The van der Waals surface area contributed by atoms with Gasteiger partial charge in [0.15, 0.2) is 0 Å². The molecule has 0 aliphatic carbocycles. The minimum absolute atomic E-state index is 0. The Bertz CT molecular complexity index is 512. The Balaban J connectivity index is -0.000000727. The van der Waals surface area contributed by atoms with Gasteiger partial charge in [0.05, 0.1) is 12.2 Å². The number of carboxylic acids is 2. The van der Waals surface area contributed by atoms with Crippen LogP contribution in [0.4, 0.5) is 0 Å². The third-order valence-corrected chi connectivity index (χ3v) is 8.12. The van der Waals surface area contributed by atoms with Crippen LogP contribution in [0.5, 0.6) is 0 Å². The Morgan fingerprint density at radius 1 is 0.419 bits per heavy atom. The van der Waals surface area contributed by atoms with E-state index in [0.717, 1.165) is 77.0 Å². The van der Waals surface area contributed by atoms with Crippen LogP contribution >= 0.6 is 0 Å². The number of carbonyl (C=O) groups is 2. The molecule has 0 rings (SSSR count). The molecule has 0 aromatic carbocycles. The molecule has 0 heterocycles. The molecule has 0 spiro atoms. The summed E-state index contributed by atoms with van der Waals surface area (Å²) in [7, 11) is 0. The quantitative estimate of drug-likeness (QED) is 0.0588. The Labute approximate surface area is 277 Å². The first-order valence-corrected chi connectivity index (χ1v) is 18.1. The first-order valence-electron chi connectivity index (χ1n) is 18.1. The topological polar surface area (TPSA) is 121 Å². The van der Waals surface area contributed by atoms with Crippen molar-refractivity contribution in [1.29, 1.82) is 0 Å². The summed E-state index contributed by atoms with van der Waals surface area (Å²) in [5.41, 5.74) is 0. The van der Waals surface area contributed by atoms with Crippen molar-refractivity contribution in [2.24, 2.45) is 0 Å². The van der Waals surface area contributed by atoms with Crippen molar-refractivity contribution in [3.05, 3.63) is 0 Å². The number of aliphatic hydroxyl groups excluding tert-OH is 2. The van der Waals surface area contributed by atoms with Crippen LogP contribution < -0.4 is 10.2 Å². The zero-order chi connectivity index (χ0) is 31.5. The number of aliphatic hydroxyl groups is 2. The van der Waals surface area contributed by atoms with Crippen molar-refractivity contribution in [3.63, 3.8) is 0 Å². The maximum atomic E-state index is 10.2. The van der Waals surface area contributed by atoms with Gasteiger partial charge in [-0.05, 0) is 51.4 Å². The van der Waals surface area contributed by atoms with E-state index in [0.29, 0.717) is 0 Å². The maximum Gasteiger partial charge on any atom is 2.00 e. The number of rotatable bonds is 32. The number of unbranched alkanes of at least 4 members (excludes halogenated alkanes) is 20. The van der Waals surface area contributed by atoms with Crippen LogP contribution in [0.1, 0.15) is 206 Å². The van der Waals surface area contributed by atoms with Gasteiger partial charge in [-0.25, -0.2) is 0 Å². The maximum absolute atomic E-state index is 10.2. The van der Waals surface area contributed by atoms with Crippen LogP contribution in [-0.2, 0) is 9.59 Å². The summed E-state index contributed by atoms with van der Waals surface area (Å²) in [5, 5.41) is 40.1. The van der Waals surface area contributed by atoms with E-state index in [4.69, 9.17) is 0 Å². The molecule has 43 heavy (non-hydrogen) atoms. The molecule has 0 aromatic heterocycles. The fourth-order valence-corrected chi connectivity index (χ4v) is 5.32. The third-order valence-electron chi connectivity index (χ3n) is 8.12. The van der Waals surface area contributed by atoms with Gasteiger partial charge in [-0.15, -0.1) is 0 Å². The van der Waals surface area contributed by atoms with E-state index < -0.39 is 11.9 Å². The van der Waals surface area contributed by atoms with Crippen LogP contribution in [0.15, 0.2) is 0 Å². The second-order valence-electron chi connectivity index (χ2n) is 12.5. The largest absolute Gasteiger partial charge is 2.00 e. The molecule has 0 aliphatic heterocycles. The van der Waals surface area contributed by atoms with Crippen molar-refractivity contribution in [1.82, 2.24) is 0 Å². The van der Waals surface area contributed by atoms with Crippen molar-refractivity contribution in [2.45, 2.75) is 219 Å². The van der Waals surface area contributed by atoms with Crippen LogP contribution in [0.25, 0.3) is 0 Å². The number of carboxylic acid groups (broad SMARTS) is 2. The van der Waals surface area contributed by atoms with E-state index in [1.54, 1.807) is 0 Å². The van der Waals surface area contributed by atoms with Gasteiger partial charge >= 0.3 is 17.4 Å². The minimum Gasteiger partial charge on any atom is -0.550 e. The van der Waals surface area contributed by atoms with Gasteiger partial charge in [0, 0.05) is 11.9 Å². The molecule has 0 aromatic rings. The predicted octanol–water partition coefficient (Wildman–Crippen LogP) is 7.56. The van der Waals surface area contributed by atoms with E-state index >= 15 is 0 Å². The standard InChI is InChI=1S/2C18H36O3.Al/c2*1-2-3-4-11-14-17(19)15-12-9-7-5-6-8-10-13-16-18(20)21;/h2*17,19H,2-16H2,1H3,(H,20,21);/q;;+2/p-2. The zero-order valence-electron chi connectivity index (χ0n) is 28.5.